The number of hydrogen-bond donors (Lipinski definition) is 0. The molecule has 0 aromatic rings. The van der Waals surface area contributed by atoms with Gasteiger partial charge >= 0.3 is 2070 Å². The van der Waals surface area contributed by atoms with Crippen molar-refractivity contribution in [2.24, 2.45) is 0 Å². The van der Waals surface area contributed by atoms with E-state index in [0.717, 1.165) is 0 Å². The second-order valence-electron chi connectivity index (χ2n) is 0. The van der Waals surface area contributed by atoms with Gasteiger partial charge in [-0.2, -0.15) is 0 Å². The van der Waals surface area contributed by atoms with Crippen LogP contribution in [-0.2, 0) is 0 Å². The van der Waals surface area contributed by atoms with E-state index in [1.807, 2.05) is 0 Å². The van der Waals surface area contributed by atoms with E-state index in [-0.39, 0.29) is 2440 Å². The predicted octanol–water partition coefficient (Wildman–Crippen LogP) is -197. The summed E-state index contributed by atoms with van der Waals surface area (Å²) in [6.07, 6.45) is 0. The van der Waals surface area contributed by atoms with Crippen LogP contribution in [0.25, 0.3) is 0 Å². The first-order chi connectivity index (χ1) is 0. The third kappa shape index (κ3) is 881. The van der Waals surface area contributed by atoms with E-state index in [4.69, 9.17) is 0 Å². The predicted molar refractivity (Wildman–Crippen MR) is 217 cm³/mol. The Morgan fingerprint density at radius 3 is 0.0200 bits per heavy atom. The Morgan fingerprint density at radius 1 is 0.0200 bits per heavy atom. The fourth-order valence-corrected chi connectivity index (χ4v) is 0. The average molecular weight is 2700 g/mol. The molecule has 0 spiro atoms. The third-order valence-corrected chi connectivity index (χ3v) is 0. The van der Waals surface area contributed by atoms with Crippen LogP contribution in [0, 0.1) is 0 Å². The van der Waals surface area contributed by atoms with E-state index >= 15 is 0 Å². The van der Waals surface area contributed by atoms with Crippen LogP contribution in [-0.4, -0.2) is 0 Å². The topological polar surface area (TPSA) is 0 Å². The Labute approximate surface area is 2350 Å². The number of hydrogen-bond acceptors (Lipinski definition) is 0. The maximum Gasteiger partial charge on any atom is 1.00 e. The van der Waals surface area contributed by atoms with Crippen molar-refractivity contribution in [3.05, 3.63) is 0 Å². The van der Waals surface area contributed by atoms with Crippen molar-refractivity contribution < 1.29 is 2070 Å². The van der Waals surface area contributed by atoms with Gasteiger partial charge in [-0.3, -0.25) is 0 Å². The van der Waals surface area contributed by atoms with Crippen LogP contribution in [0.2, 0.25) is 0 Å². The monoisotopic (exact) mass is 2690 g/mol. The van der Waals surface area contributed by atoms with Crippen LogP contribution < -0.4 is 2070 Å². The quantitative estimate of drug-likeness (QED) is 0.212. The largest absolute Gasteiger partial charge is 1.00 e. The molecule has 0 aromatic carbocycles. The molecular formula is H30Cl30Na70+70. The minimum absolute atomic E-state index is 0. The molecule has 0 aromatic heterocycles. The Hall–Kier alpha value is 78.7. The standard InChI is InChI=1S/30ClH.70Na/h30*1H;;;;;;;;;;;;;;;;;;;;;;;;;;;;;;;;;;;;;;;;;;;;;;;;;;;;;;;;;;;;;;;;;;;;;;/q;;;;;;;;;;;;;;;;;;;;;;;;;;;;;;70*+1. The van der Waals surface area contributed by atoms with Crippen molar-refractivity contribution in [1.82, 2.24) is 0 Å². The summed E-state index contributed by atoms with van der Waals surface area (Å²) < 4.78 is 0. The van der Waals surface area contributed by atoms with Crippen molar-refractivity contribution in [3.63, 3.8) is 0 Å². The van der Waals surface area contributed by atoms with Gasteiger partial charge in [0.1, 0.15) is 0 Å². The number of rotatable bonds is 0. The molecule has 0 rings (SSSR count). The molecule has 0 fully saturated rings. The van der Waals surface area contributed by atoms with Crippen LogP contribution in [0.4, 0.5) is 0 Å². The Morgan fingerprint density at radius 2 is 0.0200 bits per heavy atom. The van der Waals surface area contributed by atoms with Gasteiger partial charge in [0.15, 0.2) is 0 Å². The van der Waals surface area contributed by atoms with Crippen molar-refractivity contribution in [2.75, 3.05) is 0 Å². The van der Waals surface area contributed by atoms with E-state index in [0.29, 0.717) is 0 Å². The SMILES string of the molecule is Cl.Cl.Cl.Cl.Cl.Cl.Cl.Cl.Cl.Cl.Cl.Cl.Cl.Cl.Cl.Cl.Cl.Cl.Cl.Cl.Cl.Cl.Cl.Cl.Cl.Cl.Cl.Cl.Cl.Cl.[Na+].[Na+].[Na+].[Na+].[Na+].[Na+].[Na+].[Na+].[Na+].[Na+].[Na+].[Na+].[Na+].[Na+].[Na+].[Na+].[Na+].[Na+].[Na+].[Na+].[Na+].[Na+].[Na+].[Na+].[Na+].[Na+].[Na+].[Na+].[Na+].[Na+].[Na+].[Na+].[Na+].[Na+].[Na+].[Na+].[Na+].[Na+].[Na+].[Na+].[Na+].[Na+].[Na+].[Na+].[Na+].[Na+].[Na+].[Na+].[Na+].[Na+].[Na+].[Na+].[Na+].[Na+].[Na+].[Na+].[Na+].[Na+].[Na+].[Na+].[Na+].[Na+].[Na+].[Na+].[Na+].[Na+].[Na+].[Na+].[Na+].[Na+]. The Balaban J connectivity index is 0. The second kappa shape index (κ2) is 896. The van der Waals surface area contributed by atoms with Crippen molar-refractivity contribution in [2.45, 2.75) is 0 Å². The minimum Gasteiger partial charge on any atom is -0.147 e. The molecule has 0 saturated carbocycles. The van der Waals surface area contributed by atoms with Crippen LogP contribution in [0.3, 0.4) is 0 Å². The first-order valence-electron chi connectivity index (χ1n) is 0. The van der Waals surface area contributed by atoms with E-state index in [1.165, 1.54) is 0 Å². The summed E-state index contributed by atoms with van der Waals surface area (Å²) in [6, 6.07) is 0. The molecule has 0 bridgehead atoms. The van der Waals surface area contributed by atoms with E-state index in [2.05, 4.69) is 0 Å². The summed E-state index contributed by atoms with van der Waals surface area (Å²) >= 11 is 0. The molecule has 0 unspecified atom stereocenters. The van der Waals surface area contributed by atoms with Crippen LogP contribution >= 0.6 is 372 Å². The van der Waals surface area contributed by atoms with E-state index in [9.17, 15) is 0 Å². The summed E-state index contributed by atoms with van der Waals surface area (Å²) in [5, 5.41) is 0. The smallest absolute Gasteiger partial charge is 0.147 e. The van der Waals surface area contributed by atoms with Gasteiger partial charge in [0.25, 0.3) is 0 Å². The average Bonchev–Trinajstić information content (AvgIpc) is 0. The normalized spacial score (nSPS) is 0. The Bertz CT molecular complexity index is 88.1. The zero-order valence-electron chi connectivity index (χ0n) is 82.2. The molecule has 0 nitrogen and oxygen atoms in total. The zero-order chi connectivity index (χ0) is 0. The summed E-state index contributed by atoms with van der Waals surface area (Å²) in [7, 11) is 0. The first-order valence-corrected chi connectivity index (χ1v) is 0. The molecule has 0 aliphatic carbocycles. The Kier molecular flexibility index (Phi) is 8160. The first kappa shape index (κ1) is 911. The molecule has 0 amide bonds. The van der Waals surface area contributed by atoms with Gasteiger partial charge in [0, 0.05) is 0 Å². The molecule has 0 heterocycles. The summed E-state index contributed by atoms with van der Waals surface area (Å²) in [6.45, 7) is 0. The molecule has 0 radical (unpaired) electrons. The fraction of sp³-hybridized carbons (Fsp3) is 0. The van der Waals surface area contributed by atoms with Gasteiger partial charge < -0.3 is 0 Å². The molecule has 100 heavy (non-hydrogen) atoms. The van der Waals surface area contributed by atoms with E-state index < -0.39 is 0 Å². The van der Waals surface area contributed by atoms with E-state index in [1.54, 1.807) is 0 Å². The molecule has 240 valence electrons. The van der Waals surface area contributed by atoms with Gasteiger partial charge in [0.2, 0.25) is 0 Å². The van der Waals surface area contributed by atoms with Crippen LogP contribution in [0.1, 0.15) is 0 Å². The number of halogens is 30. The van der Waals surface area contributed by atoms with Crippen molar-refractivity contribution >= 4 is 372 Å². The van der Waals surface area contributed by atoms with Gasteiger partial charge in [-0.05, 0) is 0 Å². The molecule has 0 atom stereocenters. The van der Waals surface area contributed by atoms with Gasteiger partial charge in [-0.15, -0.1) is 372 Å². The summed E-state index contributed by atoms with van der Waals surface area (Å²) in [5.41, 5.74) is 0. The molecule has 100 heteroatoms. The molecule has 0 aliphatic rings. The van der Waals surface area contributed by atoms with Gasteiger partial charge in [-0.25, -0.2) is 0 Å². The summed E-state index contributed by atoms with van der Waals surface area (Å²) in [4.78, 5) is 0. The molecule has 0 N–H and O–H groups in total. The maximum absolute atomic E-state index is 0. The molecule has 0 saturated heterocycles. The van der Waals surface area contributed by atoms with Crippen LogP contribution in [0.15, 0.2) is 0 Å². The zero-order valence-corrected chi connectivity index (χ0v) is 247. The van der Waals surface area contributed by atoms with Gasteiger partial charge in [0.05, 0.1) is 0 Å². The van der Waals surface area contributed by atoms with Gasteiger partial charge in [-0.1, -0.05) is 0 Å². The molecular weight excluding hydrogens is 2670 g/mol. The van der Waals surface area contributed by atoms with Crippen LogP contribution in [0.5, 0.6) is 0 Å². The van der Waals surface area contributed by atoms with Crippen molar-refractivity contribution in [3.8, 4) is 0 Å². The fourth-order valence-electron chi connectivity index (χ4n) is 0. The third-order valence-electron chi connectivity index (χ3n) is 0. The maximum atomic E-state index is 0. The van der Waals surface area contributed by atoms with Crippen molar-refractivity contribution in [1.29, 1.82) is 0 Å². The minimum atomic E-state index is 0. The molecule has 0 aliphatic heterocycles. The summed E-state index contributed by atoms with van der Waals surface area (Å²) in [5.74, 6) is 0. The second-order valence-corrected chi connectivity index (χ2v) is 0.